The Balaban J connectivity index is 0.000000107. The molecule has 20 nitrogen and oxygen atoms in total. The van der Waals surface area contributed by atoms with Crippen molar-refractivity contribution in [2.75, 3.05) is 55.2 Å². The van der Waals surface area contributed by atoms with Crippen molar-refractivity contribution >= 4 is 64.3 Å². The number of rotatable bonds is 11. The van der Waals surface area contributed by atoms with E-state index in [-0.39, 0.29) is 82.8 Å². The maximum absolute atomic E-state index is 13.2. The van der Waals surface area contributed by atoms with Gasteiger partial charge in [-0.05, 0) is 138 Å². The number of pyridine rings is 3. The minimum Gasteiger partial charge on any atom is -0.341 e. The Morgan fingerprint density at radius 3 is 1.04 bits per heavy atom. The molecular formula is C59H67F4N15O5. The second-order valence-corrected chi connectivity index (χ2v) is 26.6. The molecule has 436 valence electrons. The molecule has 6 aromatic heterocycles. The van der Waals surface area contributed by atoms with Crippen molar-refractivity contribution in [3.63, 3.8) is 0 Å². The van der Waals surface area contributed by atoms with Crippen LogP contribution in [-0.2, 0) is 24.0 Å². The van der Waals surface area contributed by atoms with Crippen molar-refractivity contribution in [3.05, 3.63) is 71.7 Å². The van der Waals surface area contributed by atoms with E-state index in [0.29, 0.717) is 66.7 Å². The highest BCUT2D eigenvalue weighted by Gasteiger charge is 2.65. The van der Waals surface area contributed by atoms with Crippen molar-refractivity contribution in [2.24, 2.45) is 45.8 Å². The second-order valence-electron chi connectivity index (χ2n) is 26.6. The maximum atomic E-state index is 13.2. The van der Waals surface area contributed by atoms with Crippen LogP contribution >= 0.6 is 0 Å². The van der Waals surface area contributed by atoms with Gasteiger partial charge in [0.1, 0.15) is 11.8 Å². The molecule has 4 N–H and O–H groups in total. The van der Waals surface area contributed by atoms with E-state index in [1.165, 1.54) is 25.0 Å². The third kappa shape index (κ3) is 10.1. The van der Waals surface area contributed by atoms with Crippen LogP contribution in [-0.4, -0.2) is 134 Å². The van der Waals surface area contributed by atoms with Crippen LogP contribution in [0, 0.1) is 45.8 Å². The summed E-state index contributed by atoms with van der Waals surface area (Å²) in [7, 11) is 0. The van der Waals surface area contributed by atoms with E-state index in [4.69, 9.17) is 0 Å². The van der Waals surface area contributed by atoms with Crippen molar-refractivity contribution in [3.8, 4) is 0 Å². The van der Waals surface area contributed by atoms with Gasteiger partial charge in [0.15, 0.2) is 16.9 Å². The van der Waals surface area contributed by atoms with Gasteiger partial charge in [-0.1, -0.05) is 18.2 Å². The smallest absolute Gasteiger partial charge is 0.260 e. The number of anilines is 3. The summed E-state index contributed by atoms with van der Waals surface area (Å²) in [6, 6.07) is 17.9. The molecule has 24 heteroatoms. The van der Waals surface area contributed by atoms with Gasteiger partial charge in [0.05, 0.1) is 0 Å². The third-order valence-corrected chi connectivity index (χ3v) is 20.1. The van der Waals surface area contributed by atoms with Gasteiger partial charge in [0.2, 0.25) is 47.4 Å². The molecule has 83 heavy (non-hydrogen) atoms. The topological polar surface area (TPSA) is 231 Å². The fourth-order valence-electron chi connectivity index (χ4n) is 14.5. The number of nitrogens with one attached hydrogen (secondary N) is 4. The Hall–Kier alpha value is -7.11. The van der Waals surface area contributed by atoms with Gasteiger partial charge in [-0.3, -0.25) is 39.9 Å². The lowest BCUT2D eigenvalue weighted by atomic mass is 9.77. The molecule has 5 amide bonds. The lowest BCUT2D eigenvalue weighted by molar-refractivity contribution is -0.147. The Bertz CT molecular complexity index is 3460. The lowest BCUT2D eigenvalue weighted by Gasteiger charge is -2.48. The van der Waals surface area contributed by atoms with E-state index >= 15 is 0 Å². The molecule has 9 heterocycles. The third-order valence-electron chi connectivity index (χ3n) is 20.1. The van der Waals surface area contributed by atoms with E-state index in [9.17, 15) is 41.5 Å². The molecule has 3 saturated heterocycles. The highest BCUT2D eigenvalue weighted by molar-refractivity contribution is 5.94. The molecule has 8 saturated carbocycles. The number of alkyl halides is 4. The minimum atomic E-state index is -2.80. The van der Waals surface area contributed by atoms with Gasteiger partial charge in [-0.15, -0.1) is 15.3 Å². The zero-order chi connectivity index (χ0) is 56.8. The molecule has 3 aliphatic heterocycles. The van der Waals surface area contributed by atoms with Gasteiger partial charge < -0.3 is 15.1 Å². The number of nitrogens with zero attached hydrogens (tertiary/aromatic N) is 11. The number of aromatic nitrogens is 9. The predicted octanol–water partition coefficient (Wildman–Crippen LogP) is 7.59. The van der Waals surface area contributed by atoms with Gasteiger partial charge in [-0.25, -0.2) is 31.1 Å². The van der Waals surface area contributed by atoms with Crippen LogP contribution < -0.4 is 21.3 Å². The first kappa shape index (κ1) is 52.7. The Morgan fingerprint density at radius 2 is 0.759 bits per heavy atom. The SMILES string of the molecule is O=C(Nc1nc2cccc(C3CCC4(CNC4)C3)n2n1)C1CC1.O=C(Nc1nc2cccc([C@@H]3CCC4(C3)CN(C(=O)[C@@H]3CC3(F)F)C4)n2n1)C1CC1.O=C(Nc1nc2cccc([C@H]3CCC4(C3)CN(C(=O)[C@@H]3CC3(F)F)C4)n2n1)C1CC1. The summed E-state index contributed by atoms with van der Waals surface area (Å²) < 4.78 is 58.4. The van der Waals surface area contributed by atoms with Crippen molar-refractivity contribution < 1.29 is 41.5 Å². The highest BCUT2D eigenvalue weighted by Crippen LogP contribution is 2.57. The van der Waals surface area contributed by atoms with E-state index in [1.807, 2.05) is 47.0 Å². The van der Waals surface area contributed by atoms with Crippen LogP contribution in [0.3, 0.4) is 0 Å². The van der Waals surface area contributed by atoms with Crippen molar-refractivity contribution in [2.45, 2.75) is 139 Å². The molecule has 0 bridgehead atoms. The number of hydrogen-bond donors (Lipinski definition) is 4. The van der Waals surface area contributed by atoms with E-state index < -0.39 is 23.7 Å². The van der Waals surface area contributed by atoms with Crippen LogP contribution in [0.15, 0.2) is 54.6 Å². The quantitative estimate of drug-likeness (QED) is 0.0920. The van der Waals surface area contributed by atoms with E-state index in [0.717, 1.165) is 107 Å². The average Bonchev–Trinajstić information content (AvgIpc) is 2.84. The molecular weight excluding hydrogens is 1070 g/mol. The average molecular weight is 1140 g/mol. The first-order chi connectivity index (χ1) is 39.9. The molecule has 8 aliphatic carbocycles. The van der Waals surface area contributed by atoms with Crippen LogP contribution in [0.2, 0.25) is 0 Å². The number of carbonyl (C=O) groups excluding carboxylic acids is 5. The van der Waals surface area contributed by atoms with Crippen LogP contribution in [0.25, 0.3) is 16.9 Å². The second kappa shape index (κ2) is 19.2. The van der Waals surface area contributed by atoms with Crippen molar-refractivity contribution in [1.82, 2.24) is 58.9 Å². The molecule has 5 atom stereocenters. The summed E-state index contributed by atoms with van der Waals surface area (Å²) >= 11 is 0. The van der Waals surface area contributed by atoms with Gasteiger partial charge in [0, 0.05) is 116 Å². The standard InChI is InChI=1S/2C21H23F2N5O2.C17H21N5O/c2*22-21(23)9-14(21)18(30)27-10-20(11-27)7-6-13(8-20)15-2-1-3-16-24-19(26-28(15)16)25-17(29)12-4-5-12;23-15(11-4-5-11)20-16-19-14-3-1-2-13(22(14)21-16)12-6-7-17(8-12)9-18-10-17/h2*1-3,12-14H,4-11H2,(H,25,26,29);1-3,11-12,18H,4-10H2,(H,20,21,23)/t13-,14+;13-,14-;/m10./s1. The highest BCUT2D eigenvalue weighted by atomic mass is 19.3. The zero-order valence-corrected chi connectivity index (χ0v) is 46.1. The first-order valence-electron chi connectivity index (χ1n) is 29.9. The molecule has 11 aliphatic rings. The summed E-state index contributed by atoms with van der Waals surface area (Å²) in [6.07, 6.45) is 14.5. The predicted molar refractivity (Wildman–Crippen MR) is 292 cm³/mol. The maximum Gasteiger partial charge on any atom is 0.260 e. The minimum absolute atomic E-state index is 0.0206. The molecule has 6 aromatic rings. The molecule has 1 unspecified atom stereocenters. The van der Waals surface area contributed by atoms with Crippen molar-refractivity contribution in [1.29, 1.82) is 0 Å². The number of amides is 5. The van der Waals surface area contributed by atoms with Crippen LogP contribution in [0.4, 0.5) is 35.4 Å². The molecule has 17 rings (SSSR count). The van der Waals surface area contributed by atoms with Crippen LogP contribution in [0.5, 0.6) is 0 Å². The summed E-state index contributed by atoms with van der Waals surface area (Å²) in [5.41, 5.74) is 6.08. The monoisotopic (exact) mass is 1140 g/mol. The molecule has 0 radical (unpaired) electrons. The molecule has 0 aromatic carbocycles. The largest absolute Gasteiger partial charge is 0.341 e. The summed E-state index contributed by atoms with van der Waals surface area (Å²) in [5, 5.41) is 25.5. The Morgan fingerprint density at radius 1 is 0.446 bits per heavy atom. The molecule has 11 fully saturated rings. The fraction of sp³-hybridized carbons (Fsp3) is 0.610. The normalized spacial score (nSPS) is 27.7. The molecule has 3 spiro atoms. The lowest BCUT2D eigenvalue weighted by Crippen LogP contribution is -2.58. The summed E-state index contributed by atoms with van der Waals surface area (Å²) in [4.78, 5) is 76.9. The Labute approximate surface area is 474 Å². The van der Waals surface area contributed by atoms with Crippen LogP contribution in [0.1, 0.15) is 144 Å². The Kier molecular flexibility index (Phi) is 12.2. The van der Waals surface area contributed by atoms with E-state index in [1.54, 1.807) is 18.8 Å². The van der Waals surface area contributed by atoms with Gasteiger partial charge >= 0.3 is 0 Å². The zero-order valence-electron chi connectivity index (χ0n) is 46.1. The van der Waals surface area contributed by atoms with E-state index in [2.05, 4.69) is 63.6 Å². The number of likely N-dealkylation sites (tertiary alicyclic amines) is 2. The number of halogens is 4. The van der Waals surface area contributed by atoms with Gasteiger partial charge in [0.25, 0.3) is 11.8 Å². The first-order valence-corrected chi connectivity index (χ1v) is 29.9. The number of fused-ring (bicyclic) bond motifs is 3. The summed E-state index contributed by atoms with van der Waals surface area (Å²) in [5.74, 6) is -6.03. The number of hydrogen-bond acceptors (Lipinski definition) is 12. The summed E-state index contributed by atoms with van der Waals surface area (Å²) in [6.45, 7) is 4.60. The van der Waals surface area contributed by atoms with Gasteiger partial charge in [-0.2, -0.15) is 15.0 Å². The number of carbonyl (C=O) groups is 5. The fourth-order valence-corrected chi connectivity index (χ4v) is 14.5.